The van der Waals surface area contributed by atoms with Gasteiger partial charge >= 0.3 is 11.7 Å². The molecule has 0 saturated heterocycles. The zero-order valence-corrected chi connectivity index (χ0v) is 12.2. The van der Waals surface area contributed by atoms with E-state index in [1.54, 1.807) is 0 Å². The van der Waals surface area contributed by atoms with Crippen LogP contribution in [0.4, 0.5) is 0 Å². The first kappa shape index (κ1) is 15.6. The summed E-state index contributed by atoms with van der Waals surface area (Å²) in [5.74, 6) is -1.69. The summed E-state index contributed by atoms with van der Waals surface area (Å²) >= 11 is 0. The lowest BCUT2D eigenvalue weighted by Crippen LogP contribution is -2.39. The highest BCUT2D eigenvalue weighted by molar-refractivity contribution is 5.95. The second-order valence-electron chi connectivity index (χ2n) is 4.69. The largest absolute Gasteiger partial charge is 0.467 e. The lowest BCUT2D eigenvalue weighted by atomic mass is 10.1. The number of esters is 1. The monoisotopic (exact) mass is 304 g/mol. The molecule has 2 rings (SSSR count). The Balaban J connectivity index is 2.19. The van der Waals surface area contributed by atoms with E-state index in [4.69, 9.17) is 4.42 Å². The van der Waals surface area contributed by atoms with Gasteiger partial charge in [-0.15, -0.1) is 0 Å². The maximum Gasteiger partial charge on any atom is 0.417 e. The highest BCUT2D eigenvalue weighted by Crippen LogP contribution is 2.11. The van der Waals surface area contributed by atoms with Gasteiger partial charge in [-0.2, -0.15) is 0 Å². The van der Waals surface area contributed by atoms with Gasteiger partial charge in [0.05, 0.1) is 7.11 Å². The number of oxazole rings is 1. The quantitative estimate of drug-likeness (QED) is 0.797. The molecule has 0 radical (unpaired) electrons. The van der Waals surface area contributed by atoms with Gasteiger partial charge in [-0.25, -0.2) is 9.59 Å². The molecule has 0 spiro atoms. The van der Waals surface area contributed by atoms with Crippen LogP contribution in [0.3, 0.4) is 0 Å². The van der Waals surface area contributed by atoms with Gasteiger partial charge in [-0.05, 0) is 12.5 Å². The Kier molecular flexibility index (Phi) is 4.77. The number of ether oxygens (including phenoxy) is 1. The molecule has 0 aliphatic heterocycles. The van der Waals surface area contributed by atoms with E-state index in [2.05, 4.69) is 15.0 Å². The number of amides is 1. The molecule has 0 bridgehead atoms. The molecule has 116 valence electrons. The number of hydrogen-bond acceptors (Lipinski definition) is 5. The van der Waals surface area contributed by atoms with Gasteiger partial charge in [-0.1, -0.05) is 30.3 Å². The molecule has 1 atom stereocenters. The zero-order valence-electron chi connectivity index (χ0n) is 12.2. The van der Waals surface area contributed by atoms with E-state index in [1.807, 2.05) is 30.3 Å². The number of nitrogens with one attached hydrogen (secondary N) is 2. The second kappa shape index (κ2) is 6.75. The fraction of sp³-hybridized carbons (Fsp3) is 0.267. The molecule has 2 N–H and O–H groups in total. The lowest BCUT2D eigenvalue weighted by Gasteiger charge is -2.10. The molecular weight excluding hydrogens is 288 g/mol. The molecule has 7 heteroatoms. The normalized spacial score (nSPS) is 11.7. The van der Waals surface area contributed by atoms with Crippen LogP contribution >= 0.6 is 0 Å². The van der Waals surface area contributed by atoms with Gasteiger partial charge in [0.25, 0.3) is 5.91 Å². The third-order valence-corrected chi connectivity index (χ3v) is 3.06. The third-order valence-electron chi connectivity index (χ3n) is 3.06. The average Bonchev–Trinajstić information content (AvgIpc) is 2.88. The summed E-state index contributed by atoms with van der Waals surface area (Å²) in [5, 5.41) is 2.44. The summed E-state index contributed by atoms with van der Waals surface area (Å²) in [6.07, 6.45) is 0.287. The predicted molar refractivity (Wildman–Crippen MR) is 77.5 cm³/mol. The first-order valence-corrected chi connectivity index (χ1v) is 6.66. The van der Waals surface area contributed by atoms with Crippen molar-refractivity contribution in [2.45, 2.75) is 19.4 Å². The standard InChI is InChI=1S/C15H16N2O5/c1-9(14(19)21-2)16-13(18)12-11(22-15(20)17-12)8-10-6-4-3-5-7-10/h3-7,9H,8H2,1-2H3,(H,16,18)(H,17,20)/t9-/m0/s1. The maximum atomic E-state index is 12.2. The van der Waals surface area contributed by atoms with Crippen LogP contribution in [0.25, 0.3) is 0 Å². The van der Waals surface area contributed by atoms with E-state index in [0.29, 0.717) is 0 Å². The van der Waals surface area contributed by atoms with Crippen molar-refractivity contribution in [1.82, 2.24) is 10.3 Å². The molecule has 1 heterocycles. The van der Waals surface area contributed by atoms with Gasteiger partial charge < -0.3 is 14.5 Å². The number of methoxy groups -OCH3 is 1. The van der Waals surface area contributed by atoms with E-state index >= 15 is 0 Å². The molecule has 0 unspecified atom stereocenters. The number of aromatic amines is 1. The molecular formula is C15H16N2O5. The molecule has 2 aromatic rings. The fourth-order valence-corrected chi connectivity index (χ4v) is 1.95. The number of benzene rings is 1. The van der Waals surface area contributed by atoms with E-state index in [1.165, 1.54) is 14.0 Å². The van der Waals surface area contributed by atoms with Gasteiger partial charge in [0.1, 0.15) is 17.5 Å². The minimum Gasteiger partial charge on any atom is -0.467 e. The Bertz CT molecular complexity index is 717. The first-order chi connectivity index (χ1) is 10.5. The molecule has 22 heavy (non-hydrogen) atoms. The van der Waals surface area contributed by atoms with Crippen LogP contribution in [0.2, 0.25) is 0 Å². The smallest absolute Gasteiger partial charge is 0.417 e. The molecule has 0 aliphatic carbocycles. The molecule has 1 aromatic carbocycles. The summed E-state index contributed by atoms with van der Waals surface area (Å²) < 4.78 is 9.55. The number of hydrogen-bond donors (Lipinski definition) is 2. The summed E-state index contributed by atoms with van der Waals surface area (Å²) in [4.78, 5) is 37.2. The number of rotatable bonds is 5. The Morgan fingerprint density at radius 3 is 2.64 bits per heavy atom. The Morgan fingerprint density at radius 2 is 2.00 bits per heavy atom. The van der Waals surface area contributed by atoms with E-state index < -0.39 is 23.7 Å². The maximum absolute atomic E-state index is 12.2. The Hall–Kier alpha value is -2.83. The number of H-pyrrole nitrogens is 1. The molecule has 1 aromatic heterocycles. The van der Waals surface area contributed by atoms with Crippen LogP contribution in [0.15, 0.2) is 39.5 Å². The molecule has 7 nitrogen and oxygen atoms in total. The van der Waals surface area contributed by atoms with Gasteiger partial charge in [-0.3, -0.25) is 9.78 Å². The number of carbonyl (C=O) groups excluding carboxylic acids is 2. The Labute approximate surface area is 126 Å². The van der Waals surface area contributed by atoms with Crippen LogP contribution in [-0.4, -0.2) is 30.0 Å². The van der Waals surface area contributed by atoms with E-state index in [9.17, 15) is 14.4 Å². The summed E-state index contributed by atoms with van der Waals surface area (Å²) in [7, 11) is 1.23. The van der Waals surface area contributed by atoms with Crippen molar-refractivity contribution in [2.75, 3.05) is 7.11 Å². The van der Waals surface area contributed by atoms with Crippen LogP contribution in [-0.2, 0) is 16.0 Å². The van der Waals surface area contributed by atoms with Crippen LogP contribution in [0.5, 0.6) is 0 Å². The zero-order chi connectivity index (χ0) is 16.1. The summed E-state index contributed by atoms with van der Waals surface area (Å²) in [6, 6.07) is 8.43. The average molecular weight is 304 g/mol. The summed E-state index contributed by atoms with van der Waals surface area (Å²) in [5.41, 5.74) is 0.893. The van der Waals surface area contributed by atoms with Crippen molar-refractivity contribution >= 4 is 11.9 Å². The van der Waals surface area contributed by atoms with Crippen LogP contribution in [0, 0.1) is 0 Å². The Morgan fingerprint density at radius 1 is 1.32 bits per heavy atom. The highest BCUT2D eigenvalue weighted by atomic mass is 16.5. The van der Waals surface area contributed by atoms with Gasteiger partial charge in [0.2, 0.25) is 0 Å². The van der Waals surface area contributed by atoms with E-state index in [0.717, 1.165) is 5.56 Å². The van der Waals surface area contributed by atoms with E-state index in [-0.39, 0.29) is 17.9 Å². The lowest BCUT2D eigenvalue weighted by molar-refractivity contribution is -0.142. The van der Waals surface area contributed by atoms with Gasteiger partial charge in [0.15, 0.2) is 0 Å². The predicted octanol–water partition coefficient (Wildman–Crippen LogP) is 0.850. The minimum absolute atomic E-state index is 0.00426. The molecule has 0 saturated carbocycles. The fourth-order valence-electron chi connectivity index (χ4n) is 1.95. The number of carbonyl (C=O) groups is 2. The topological polar surface area (TPSA) is 101 Å². The van der Waals surface area contributed by atoms with Crippen LogP contribution < -0.4 is 11.1 Å². The SMILES string of the molecule is COC(=O)[C@H](C)NC(=O)c1[nH]c(=O)oc1Cc1ccccc1. The molecule has 1 amide bonds. The minimum atomic E-state index is -0.833. The van der Waals surface area contributed by atoms with Crippen LogP contribution in [0.1, 0.15) is 28.7 Å². The third kappa shape index (κ3) is 3.63. The molecule has 0 aliphatic rings. The number of aromatic nitrogens is 1. The second-order valence-corrected chi connectivity index (χ2v) is 4.69. The van der Waals surface area contributed by atoms with Crippen molar-refractivity contribution in [3.05, 3.63) is 57.9 Å². The van der Waals surface area contributed by atoms with Crippen molar-refractivity contribution in [3.63, 3.8) is 0 Å². The van der Waals surface area contributed by atoms with Crippen molar-refractivity contribution in [2.24, 2.45) is 0 Å². The van der Waals surface area contributed by atoms with Crippen molar-refractivity contribution in [1.29, 1.82) is 0 Å². The van der Waals surface area contributed by atoms with Crippen molar-refractivity contribution in [3.8, 4) is 0 Å². The van der Waals surface area contributed by atoms with Crippen molar-refractivity contribution < 1.29 is 18.7 Å². The summed E-state index contributed by atoms with van der Waals surface area (Å²) in [6.45, 7) is 1.48. The molecule has 0 fully saturated rings. The highest BCUT2D eigenvalue weighted by Gasteiger charge is 2.22. The van der Waals surface area contributed by atoms with Gasteiger partial charge in [0, 0.05) is 6.42 Å². The first-order valence-electron chi connectivity index (χ1n) is 6.66.